The predicted octanol–water partition coefficient (Wildman–Crippen LogP) is 6.51. The van der Waals surface area contributed by atoms with Crippen molar-refractivity contribution in [3.63, 3.8) is 0 Å². The molecule has 0 radical (unpaired) electrons. The van der Waals surface area contributed by atoms with Gasteiger partial charge in [0, 0.05) is 5.92 Å². The van der Waals surface area contributed by atoms with Gasteiger partial charge in [0.2, 0.25) is 0 Å². The first kappa shape index (κ1) is 19.7. The Morgan fingerprint density at radius 2 is 1.77 bits per heavy atom. The molecule has 0 heterocycles. The molecule has 156 valence electrons. The highest BCUT2D eigenvalue weighted by Gasteiger charge is 2.37. The monoisotopic (exact) mass is 410 g/mol. The maximum atomic E-state index is 11.7. The van der Waals surface area contributed by atoms with Crippen LogP contribution in [0.2, 0.25) is 0 Å². The summed E-state index contributed by atoms with van der Waals surface area (Å²) in [6.45, 7) is 4.18. The Balaban J connectivity index is 1.65. The summed E-state index contributed by atoms with van der Waals surface area (Å²) in [7, 11) is 0. The second-order valence-corrected chi connectivity index (χ2v) is 8.40. The van der Waals surface area contributed by atoms with Crippen LogP contribution in [0.4, 0.5) is 0 Å². The van der Waals surface area contributed by atoms with E-state index in [1.807, 2.05) is 13.8 Å². The fourth-order valence-corrected chi connectivity index (χ4v) is 4.90. The van der Waals surface area contributed by atoms with Crippen LogP contribution in [0, 0.1) is 0 Å². The Morgan fingerprint density at radius 3 is 2.61 bits per heavy atom. The van der Waals surface area contributed by atoms with Crippen molar-refractivity contribution in [2.45, 2.75) is 31.8 Å². The van der Waals surface area contributed by atoms with Crippen molar-refractivity contribution in [1.82, 2.24) is 0 Å². The molecule has 1 aliphatic rings. The largest absolute Gasteiger partial charge is 0.504 e. The van der Waals surface area contributed by atoms with Crippen LogP contribution >= 0.6 is 0 Å². The molecule has 0 saturated heterocycles. The molecule has 3 heteroatoms. The molecule has 3 nitrogen and oxygen atoms in total. The minimum atomic E-state index is -1.12. The number of fused-ring (bicyclic) bond motifs is 5. The molecule has 4 aromatic rings. The van der Waals surface area contributed by atoms with Crippen molar-refractivity contribution in [3.8, 4) is 11.5 Å². The van der Waals surface area contributed by atoms with Crippen LogP contribution in [0.1, 0.15) is 42.9 Å². The molecule has 0 aliphatic heterocycles. The average Bonchev–Trinajstić information content (AvgIpc) is 2.79. The van der Waals surface area contributed by atoms with Crippen LogP contribution in [0.25, 0.3) is 27.6 Å². The summed E-state index contributed by atoms with van der Waals surface area (Å²) < 4.78 is 5.55. The number of hydrogen-bond acceptors (Lipinski definition) is 3. The lowest BCUT2D eigenvalue weighted by molar-refractivity contribution is 0.0265. The number of rotatable bonds is 4. The number of aliphatic hydroxyl groups is 1. The summed E-state index contributed by atoms with van der Waals surface area (Å²) >= 11 is 0. The summed E-state index contributed by atoms with van der Waals surface area (Å²) in [5, 5.41) is 26.7. The molecule has 31 heavy (non-hydrogen) atoms. The van der Waals surface area contributed by atoms with Crippen LogP contribution in [-0.4, -0.2) is 16.8 Å². The lowest BCUT2D eigenvalue weighted by atomic mass is 9.72. The van der Waals surface area contributed by atoms with E-state index in [0.29, 0.717) is 12.4 Å². The molecule has 0 bridgehead atoms. The molecular weight excluding hydrogens is 384 g/mol. The Bertz CT molecular complexity index is 1320. The maximum Gasteiger partial charge on any atom is 0.161 e. The summed E-state index contributed by atoms with van der Waals surface area (Å²) in [5.74, 6) is 0.377. The first-order valence-corrected chi connectivity index (χ1v) is 10.8. The zero-order valence-corrected chi connectivity index (χ0v) is 17.8. The molecule has 1 unspecified atom stereocenters. The topological polar surface area (TPSA) is 49.7 Å². The van der Waals surface area contributed by atoms with E-state index in [4.69, 9.17) is 4.74 Å². The summed E-state index contributed by atoms with van der Waals surface area (Å²) in [4.78, 5) is 0. The molecule has 0 saturated carbocycles. The Hall–Kier alpha value is -3.30. The zero-order valence-electron chi connectivity index (χ0n) is 17.8. The Labute approximate surface area is 182 Å². The molecule has 4 aromatic carbocycles. The standard InChI is InChI=1S/C28H26O3/c1-3-31-27-17-19(12-16-26(27)29)28(2,30)25-10-6-9-21-23-13-11-18-7-4-5-8-20(18)22(23)14-15-24(21)25/h4-9,11-17,25,29-30H,3,10H2,1-2H3/t25?,28-/m0/s1. The fourth-order valence-electron chi connectivity index (χ4n) is 4.90. The van der Waals surface area contributed by atoms with Gasteiger partial charge in [0.15, 0.2) is 11.5 Å². The summed E-state index contributed by atoms with van der Waals surface area (Å²) in [6, 6.07) is 22.3. The van der Waals surface area contributed by atoms with Gasteiger partial charge in [-0.25, -0.2) is 0 Å². The SMILES string of the molecule is CCOc1cc([C@](C)(O)C2CC=Cc3c2ccc2c3ccc3ccccc32)ccc1O. The van der Waals surface area contributed by atoms with E-state index >= 15 is 0 Å². The minimum absolute atomic E-state index is 0.0863. The second kappa shape index (κ2) is 7.44. The van der Waals surface area contributed by atoms with Gasteiger partial charge in [0.1, 0.15) is 0 Å². The number of hydrogen-bond donors (Lipinski definition) is 2. The first-order valence-electron chi connectivity index (χ1n) is 10.8. The van der Waals surface area contributed by atoms with Gasteiger partial charge in [-0.2, -0.15) is 0 Å². The normalized spacial score (nSPS) is 17.5. The van der Waals surface area contributed by atoms with Gasteiger partial charge in [-0.15, -0.1) is 0 Å². The van der Waals surface area contributed by atoms with Crippen LogP contribution in [0.3, 0.4) is 0 Å². The van der Waals surface area contributed by atoms with Gasteiger partial charge in [-0.3, -0.25) is 0 Å². The Kier molecular flexibility index (Phi) is 4.71. The van der Waals surface area contributed by atoms with Crippen LogP contribution < -0.4 is 4.74 Å². The van der Waals surface area contributed by atoms with Crippen LogP contribution in [-0.2, 0) is 5.60 Å². The van der Waals surface area contributed by atoms with Crippen molar-refractivity contribution < 1.29 is 14.9 Å². The lowest BCUT2D eigenvalue weighted by Crippen LogP contribution is -2.31. The number of benzene rings is 4. The second-order valence-electron chi connectivity index (χ2n) is 8.40. The third-order valence-electron chi connectivity index (χ3n) is 6.56. The van der Waals surface area contributed by atoms with Crippen LogP contribution in [0.15, 0.2) is 72.8 Å². The zero-order chi connectivity index (χ0) is 21.6. The number of phenolic OH excluding ortho intramolecular Hbond substituents is 1. The van der Waals surface area contributed by atoms with Crippen LogP contribution in [0.5, 0.6) is 11.5 Å². The molecule has 0 fully saturated rings. The Morgan fingerprint density at radius 1 is 0.968 bits per heavy atom. The maximum absolute atomic E-state index is 11.7. The van der Waals surface area contributed by atoms with Gasteiger partial charge >= 0.3 is 0 Å². The van der Waals surface area contributed by atoms with E-state index in [1.54, 1.807) is 18.2 Å². The third kappa shape index (κ3) is 3.17. The van der Waals surface area contributed by atoms with Gasteiger partial charge in [0.05, 0.1) is 12.2 Å². The van der Waals surface area contributed by atoms with Gasteiger partial charge in [-0.05, 0) is 70.6 Å². The lowest BCUT2D eigenvalue weighted by Gasteiger charge is -2.36. The smallest absolute Gasteiger partial charge is 0.161 e. The van der Waals surface area contributed by atoms with E-state index < -0.39 is 5.60 Å². The van der Waals surface area contributed by atoms with E-state index in [9.17, 15) is 10.2 Å². The van der Waals surface area contributed by atoms with Crippen molar-refractivity contribution in [2.75, 3.05) is 6.61 Å². The number of aromatic hydroxyl groups is 1. The highest BCUT2D eigenvalue weighted by atomic mass is 16.5. The highest BCUT2D eigenvalue weighted by Crippen LogP contribution is 2.46. The first-order chi connectivity index (χ1) is 15.0. The van der Waals surface area contributed by atoms with Gasteiger partial charge in [0.25, 0.3) is 0 Å². The number of ether oxygens (including phenoxy) is 1. The number of allylic oxidation sites excluding steroid dienone is 1. The van der Waals surface area contributed by atoms with E-state index in [0.717, 1.165) is 17.5 Å². The molecular formula is C28H26O3. The summed E-state index contributed by atoms with van der Waals surface area (Å²) in [6.07, 6.45) is 5.07. The van der Waals surface area contributed by atoms with Crippen molar-refractivity contribution in [3.05, 3.63) is 89.5 Å². The quantitative estimate of drug-likeness (QED) is 0.377. The van der Waals surface area contributed by atoms with E-state index in [2.05, 4.69) is 60.7 Å². The van der Waals surface area contributed by atoms with E-state index in [-0.39, 0.29) is 11.7 Å². The van der Waals surface area contributed by atoms with Crippen molar-refractivity contribution >= 4 is 27.6 Å². The number of phenols is 1. The molecule has 2 atom stereocenters. The molecule has 5 rings (SSSR count). The molecule has 1 aliphatic carbocycles. The molecule has 0 aromatic heterocycles. The summed E-state index contributed by atoms with van der Waals surface area (Å²) in [5.41, 5.74) is 1.92. The highest BCUT2D eigenvalue weighted by molar-refractivity contribution is 6.10. The van der Waals surface area contributed by atoms with Crippen molar-refractivity contribution in [1.29, 1.82) is 0 Å². The molecule has 0 spiro atoms. The molecule has 0 amide bonds. The predicted molar refractivity (Wildman–Crippen MR) is 127 cm³/mol. The van der Waals surface area contributed by atoms with E-state index in [1.165, 1.54) is 27.1 Å². The minimum Gasteiger partial charge on any atom is -0.504 e. The third-order valence-corrected chi connectivity index (χ3v) is 6.56. The van der Waals surface area contributed by atoms with Gasteiger partial charge in [-0.1, -0.05) is 66.7 Å². The molecule has 2 N–H and O–H groups in total. The fraction of sp³-hybridized carbons (Fsp3) is 0.214. The van der Waals surface area contributed by atoms with Crippen molar-refractivity contribution in [2.24, 2.45) is 0 Å². The van der Waals surface area contributed by atoms with Gasteiger partial charge < -0.3 is 14.9 Å². The average molecular weight is 411 g/mol.